The van der Waals surface area contributed by atoms with E-state index in [1.165, 1.54) is 4.90 Å². The molecule has 2 aromatic carbocycles. The van der Waals surface area contributed by atoms with Crippen molar-refractivity contribution in [3.05, 3.63) is 100 Å². The molecule has 1 aliphatic heterocycles. The molecule has 0 N–H and O–H groups in total. The molecule has 0 saturated carbocycles. The van der Waals surface area contributed by atoms with Crippen LogP contribution in [-0.2, 0) is 22.6 Å². The van der Waals surface area contributed by atoms with Crippen molar-refractivity contribution in [2.75, 3.05) is 38.1 Å². The average molecular weight is 679 g/mol. The zero-order chi connectivity index (χ0) is 33.6. The summed E-state index contributed by atoms with van der Waals surface area (Å²) in [5, 5.41) is 0.936. The monoisotopic (exact) mass is 677 g/mol. The van der Waals surface area contributed by atoms with E-state index in [0.717, 1.165) is 16.9 Å². The fourth-order valence-corrected chi connectivity index (χ4v) is 5.43. The van der Waals surface area contributed by atoms with E-state index in [-0.39, 0.29) is 19.2 Å². The first kappa shape index (κ1) is 33.8. The van der Waals surface area contributed by atoms with E-state index < -0.39 is 11.7 Å². The number of amides is 2. The molecule has 0 aliphatic carbocycles. The van der Waals surface area contributed by atoms with Gasteiger partial charge < -0.3 is 28.9 Å². The molecule has 5 rings (SSSR count). The van der Waals surface area contributed by atoms with E-state index >= 15 is 0 Å². The second-order valence-corrected chi connectivity index (χ2v) is 13.0. The van der Waals surface area contributed by atoms with Crippen LogP contribution in [0.15, 0.2) is 79.0 Å². The minimum atomic E-state index is -0.535. The van der Waals surface area contributed by atoms with Gasteiger partial charge in [0.2, 0.25) is 5.88 Å². The van der Waals surface area contributed by atoms with Crippen LogP contribution >= 0.6 is 23.2 Å². The predicted octanol–water partition coefficient (Wildman–Crippen LogP) is 8.07. The van der Waals surface area contributed by atoms with Crippen molar-refractivity contribution in [2.24, 2.45) is 0 Å². The number of hydrogen-bond donors (Lipinski definition) is 0. The second kappa shape index (κ2) is 14.9. The third-order valence-electron chi connectivity index (χ3n) is 7.16. The van der Waals surface area contributed by atoms with E-state index in [4.69, 9.17) is 42.4 Å². The van der Waals surface area contributed by atoms with Crippen LogP contribution in [0.1, 0.15) is 31.9 Å². The van der Waals surface area contributed by atoms with Crippen LogP contribution in [0, 0.1) is 0 Å². The number of benzene rings is 2. The van der Waals surface area contributed by atoms with Crippen molar-refractivity contribution in [1.29, 1.82) is 0 Å². The van der Waals surface area contributed by atoms with Crippen molar-refractivity contribution >= 4 is 41.2 Å². The summed E-state index contributed by atoms with van der Waals surface area (Å²) in [5.74, 6) is 1.56. The summed E-state index contributed by atoms with van der Waals surface area (Å²) in [5.41, 5.74) is 2.39. The van der Waals surface area contributed by atoms with Crippen LogP contribution in [0.2, 0.25) is 10.0 Å². The van der Waals surface area contributed by atoms with Gasteiger partial charge in [0, 0.05) is 61.4 Å². The van der Waals surface area contributed by atoms with Gasteiger partial charge in [0.25, 0.3) is 0 Å². The summed E-state index contributed by atoms with van der Waals surface area (Å²) in [6, 6.07) is 22.0. The first-order chi connectivity index (χ1) is 22.4. The van der Waals surface area contributed by atoms with Crippen LogP contribution in [0.3, 0.4) is 0 Å². The number of rotatable bonds is 8. The first-order valence-corrected chi connectivity index (χ1v) is 15.9. The Kier molecular flexibility index (Phi) is 10.7. The summed E-state index contributed by atoms with van der Waals surface area (Å²) in [7, 11) is 1.67. The minimum absolute atomic E-state index is 0.170. The van der Waals surface area contributed by atoms with Gasteiger partial charge in [-0.15, -0.1) is 0 Å². The maximum absolute atomic E-state index is 12.8. The SMILES string of the molecule is CN(Cc1cc(Oc2ccc(N3CCN(C(=O)OC(C)(C)C)CC3)nc2)nc(-c2cc(Cl)cc(Cl)c2)c1)C(=O)OCc1ccccc1. The summed E-state index contributed by atoms with van der Waals surface area (Å²) in [6.07, 6.45) is 0.859. The third-order valence-corrected chi connectivity index (χ3v) is 7.59. The summed E-state index contributed by atoms with van der Waals surface area (Å²) in [6.45, 7) is 8.31. The lowest BCUT2D eigenvalue weighted by atomic mass is 10.1. The molecule has 12 heteroatoms. The molecule has 0 bridgehead atoms. The number of ether oxygens (including phenoxy) is 3. The highest BCUT2D eigenvalue weighted by atomic mass is 35.5. The zero-order valence-electron chi connectivity index (χ0n) is 26.8. The molecular weight excluding hydrogens is 641 g/mol. The maximum Gasteiger partial charge on any atom is 0.410 e. The highest BCUT2D eigenvalue weighted by Crippen LogP contribution is 2.31. The topological polar surface area (TPSA) is 97.3 Å². The van der Waals surface area contributed by atoms with Gasteiger partial charge in [0.1, 0.15) is 23.8 Å². The normalized spacial score (nSPS) is 13.2. The van der Waals surface area contributed by atoms with Gasteiger partial charge in [-0.05, 0) is 68.3 Å². The number of aromatic nitrogens is 2. The molecule has 3 heterocycles. The summed E-state index contributed by atoms with van der Waals surface area (Å²) < 4.78 is 17.2. The Morgan fingerprint density at radius 1 is 0.894 bits per heavy atom. The number of nitrogens with zero attached hydrogens (tertiary/aromatic N) is 5. The van der Waals surface area contributed by atoms with E-state index in [1.54, 1.807) is 42.4 Å². The standard InChI is InChI=1S/C35H37Cl2N5O5/c1-35(2,3)47-34(44)42-14-12-41(13-15-42)31-11-10-29(21-38-31)46-32-17-25(16-30(39-32)26-18-27(36)20-28(37)19-26)22-40(4)33(43)45-23-24-8-6-5-7-9-24/h5-11,16-21H,12-15,22-23H2,1-4H3. The molecule has 0 unspecified atom stereocenters. The summed E-state index contributed by atoms with van der Waals surface area (Å²) in [4.78, 5) is 39.8. The molecule has 0 radical (unpaired) electrons. The Morgan fingerprint density at radius 2 is 1.60 bits per heavy atom. The first-order valence-electron chi connectivity index (χ1n) is 15.2. The molecule has 4 aromatic rings. The van der Waals surface area contributed by atoms with E-state index in [1.807, 2.05) is 69.3 Å². The van der Waals surface area contributed by atoms with Crippen molar-refractivity contribution in [3.8, 4) is 22.9 Å². The number of halogens is 2. The van der Waals surface area contributed by atoms with Gasteiger partial charge in [-0.3, -0.25) is 0 Å². The fourth-order valence-electron chi connectivity index (χ4n) is 4.91. The minimum Gasteiger partial charge on any atom is -0.445 e. The molecule has 1 saturated heterocycles. The van der Waals surface area contributed by atoms with Gasteiger partial charge in [-0.25, -0.2) is 19.6 Å². The Bertz CT molecular complexity index is 1670. The number of pyridine rings is 2. The fraction of sp³-hybridized carbons (Fsp3) is 0.314. The van der Waals surface area contributed by atoms with Crippen LogP contribution in [-0.4, -0.2) is 70.8 Å². The largest absolute Gasteiger partial charge is 0.445 e. The lowest BCUT2D eigenvalue weighted by Crippen LogP contribution is -2.50. The molecular formula is C35H37Cl2N5O5. The molecule has 2 amide bonds. The number of anilines is 1. The highest BCUT2D eigenvalue weighted by Gasteiger charge is 2.26. The van der Waals surface area contributed by atoms with Gasteiger partial charge in [0.15, 0.2) is 0 Å². The van der Waals surface area contributed by atoms with E-state index in [2.05, 4.69) is 9.88 Å². The molecule has 47 heavy (non-hydrogen) atoms. The van der Waals surface area contributed by atoms with Gasteiger partial charge in [-0.2, -0.15) is 0 Å². The van der Waals surface area contributed by atoms with E-state index in [0.29, 0.717) is 59.1 Å². The summed E-state index contributed by atoms with van der Waals surface area (Å²) >= 11 is 12.6. The Morgan fingerprint density at radius 3 is 2.23 bits per heavy atom. The Labute approximate surface area is 284 Å². The predicted molar refractivity (Wildman–Crippen MR) is 182 cm³/mol. The molecule has 0 spiro atoms. The maximum atomic E-state index is 12.8. The number of carbonyl (C=O) groups excluding carboxylic acids is 2. The van der Waals surface area contributed by atoms with Crippen LogP contribution < -0.4 is 9.64 Å². The zero-order valence-corrected chi connectivity index (χ0v) is 28.3. The van der Waals surface area contributed by atoms with Crippen molar-refractivity contribution in [2.45, 2.75) is 39.5 Å². The van der Waals surface area contributed by atoms with Crippen molar-refractivity contribution in [1.82, 2.24) is 19.8 Å². The molecule has 1 fully saturated rings. The van der Waals surface area contributed by atoms with Gasteiger partial charge in [-0.1, -0.05) is 53.5 Å². The van der Waals surface area contributed by atoms with Crippen LogP contribution in [0.25, 0.3) is 11.3 Å². The Balaban J connectivity index is 1.28. The van der Waals surface area contributed by atoms with E-state index in [9.17, 15) is 9.59 Å². The van der Waals surface area contributed by atoms with Gasteiger partial charge in [0.05, 0.1) is 11.9 Å². The lowest BCUT2D eigenvalue weighted by Gasteiger charge is -2.36. The van der Waals surface area contributed by atoms with Crippen LogP contribution in [0.4, 0.5) is 15.4 Å². The van der Waals surface area contributed by atoms with Crippen LogP contribution in [0.5, 0.6) is 11.6 Å². The molecule has 246 valence electrons. The lowest BCUT2D eigenvalue weighted by molar-refractivity contribution is 0.0240. The number of piperazine rings is 1. The molecule has 2 aromatic heterocycles. The third kappa shape index (κ3) is 9.73. The average Bonchev–Trinajstić information content (AvgIpc) is 3.03. The smallest absolute Gasteiger partial charge is 0.410 e. The highest BCUT2D eigenvalue weighted by molar-refractivity contribution is 6.35. The molecule has 10 nitrogen and oxygen atoms in total. The van der Waals surface area contributed by atoms with Crippen molar-refractivity contribution < 1.29 is 23.8 Å². The molecule has 1 aliphatic rings. The van der Waals surface area contributed by atoms with Crippen molar-refractivity contribution in [3.63, 3.8) is 0 Å². The van der Waals surface area contributed by atoms with Gasteiger partial charge >= 0.3 is 12.2 Å². The second-order valence-electron chi connectivity index (χ2n) is 12.2. The number of hydrogen-bond acceptors (Lipinski definition) is 8. The Hall–Kier alpha value is -4.54. The quantitative estimate of drug-likeness (QED) is 0.185. The molecule has 0 atom stereocenters. The number of carbonyl (C=O) groups is 2.